The van der Waals surface area contributed by atoms with E-state index < -0.39 is 0 Å². The Bertz CT molecular complexity index is 1180. The number of carbonyl (C=O) groups excluding carboxylic acids is 2. The first kappa shape index (κ1) is 27.2. The molecule has 3 rings (SSSR count). The summed E-state index contributed by atoms with van der Waals surface area (Å²) in [5.41, 5.74) is 3.86. The van der Waals surface area contributed by atoms with Crippen LogP contribution >= 0.6 is 0 Å². The summed E-state index contributed by atoms with van der Waals surface area (Å²) in [6.07, 6.45) is 2.33. The van der Waals surface area contributed by atoms with E-state index in [1.165, 1.54) is 0 Å². The van der Waals surface area contributed by atoms with E-state index in [0.29, 0.717) is 13.0 Å². The number of para-hydroxylation sites is 2. The van der Waals surface area contributed by atoms with E-state index in [-0.39, 0.29) is 37.0 Å². The van der Waals surface area contributed by atoms with Crippen LogP contribution in [0.2, 0.25) is 0 Å². The minimum Gasteiger partial charge on any atom is -0.483 e. The first-order valence-electron chi connectivity index (χ1n) is 13.0. The second-order valence-corrected chi connectivity index (χ2v) is 9.58. The Balaban J connectivity index is 1.68. The number of nitrogens with one attached hydrogen (secondary N) is 1. The van der Waals surface area contributed by atoms with Gasteiger partial charge in [0.15, 0.2) is 6.61 Å². The van der Waals surface area contributed by atoms with Crippen LogP contribution < -0.4 is 10.1 Å². The average molecular weight is 493 g/mol. The fourth-order valence-electron chi connectivity index (χ4n) is 4.40. The van der Waals surface area contributed by atoms with Gasteiger partial charge < -0.3 is 19.5 Å². The van der Waals surface area contributed by atoms with Gasteiger partial charge in [-0.1, -0.05) is 38.1 Å². The van der Waals surface area contributed by atoms with Gasteiger partial charge in [0, 0.05) is 25.0 Å². The molecule has 2 amide bonds. The summed E-state index contributed by atoms with van der Waals surface area (Å²) >= 11 is 0. The normalized spacial score (nSPS) is 12.8. The number of aryl methyl sites for hydroxylation is 2. The number of hydrogen-bond acceptors (Lipinski definition) is 4. The fraction of sp³-hybridized carbons (Fsp3) is 0.483. The van der Waals surface area contributed by atoms with Crippen LogP contribution in [0.1, 0.15) is 57.5 Å². The minimum atomic E-state index is -0.186. The molecule has 3 aromatic rings. The van der Waals surface area contributed by atoms with E-state index in [2.05, 4.69) is 33.0 Å². The van der Waals surface area contributed by atoms with E-state index in [1.807, 2.05) is 65.8 Å². The molecule has 194 valence electrons. The van der Waals surface area contributed by atoms with Crippen molar-refractivity contribution in [3.8, 4) is 5.75 Å². The summed E-state index contributed by atoms with van der Waals surface area (Å²) in [6.45, 7) is 13.0. The van der Waals surface area contributed by atoms with Crippen LogP contribution in [0.4, 0.5) is 0 Å². The Morgan fingerprint density at radius 2 is 1.75 bits per heavy atom. The number of hydrogen-bond donors (Lipinski definition) is 1. The second-order valence-electron chi connectivity index (χ2n) is 9.58. The molecule has 0 saturated heterocycles. The van der Waals surface area contributed by atoms with Gasteiger partial charge in [-0.05, 0) is 69.9 Å². The molecule has 0 saturated carbocycles. The maximum Gasteiger partial charge on any atom is 0.257 e. The Labute approximate surface area is 214 Å². The van der Waals surface area contributed by atoms with Gasteiger partial charge in [0.05, 0.1) is 11.0 Å². The van der Waals surface area contributed by atoms with Crippen molar-refractivity contribution in [3.63, 3.8) is 0 Å². The van der Waals surface area contributed by atoms with E-state index in [4.69, 9.17) is 9.72 Å². The molecule has 0 fully saturated rings. The highest BCUT2D eigenvalue weighted by Gasteiger charge is 2.25. The molecule has 2 aromatic carbocycles. The van der Waals surface area contributed by atoms with E-state index in [0.717, 1.165) is 46.6 Å². The summed E-state index contributed by atoms with van der Waals surface area (Å²) in [4.78, 5) is 32.7. The van der Waals surface area contributed by atoms with Crippen molar-refractivity contribution in [2.45, 2.75) is 79.4 Å². The first-order valence-corrected chi connectivity index (χ1v) is 13.0. The fourth-order valence-corrected chi connectivity index (χ4v) is 4.40. The highest BCUT2D eigenvalue weighted by Crippen LogP contribution is 2.20. The zero-order valence-electron chi connectivity index (χ0n) is 22.5. The molecule has 7 nitrogen and oxygen atoms in total. The predicted molar refractivity (Wildman–Crippen MR) is 144 cm³/mol. The van der Waals surface area contributed by atoms with Gasteiger partial charge in [0.1, 0.15) is 18.1 Å². The standard InChI is InChI=1S/C29H40N4O3/c1-7-22(5)33(23(6)8-2)29(35)18-32-25-12-10-9-11-24(25)31-27(32)15-16-30-28(34)19-36-26-17-20(3)13-14-21(26)4/h9-14,17,22-23H,7-8,15-16,18-19H2,1-6H3,(H,30,34). The summed E-state index contributed by atoms with van der Waals surface area (Å²) in [5.74, 6) is 1.41. The number of aromatic nitrogens is 2. The van der Waals surface area contributed by atoms with E-state index in [1.54, 1.807) is 0 Å². The molecule has 1 heterocycles. The van der Waals surface area contributed by atoms with Crippen molar-refractivity contribution in [3.05, 3.63) is 59.4 Å². The molecular formula is C29H40N4O3. The lowest BCUT2D eigenvalue weighted by atomic mass is 10.1. The molecule has 1 N–H and O–H groups in total. The molecule has 1 aromatic heterocycles. The number of ether oxygens (including phenoxy) is 1. The Morgan fingerprint density at radius 1 is 1.06 bits per heavy atom. The van der Waals surface area contributed by atoms with Gasteiger partial charge in [0.25, 0.3) is 5.91 Å². The maximum atomic E-state index is 13.5. The smallest absolute Gasteiger partial charge is 0.257 e. The van der Waals surface area contributed by atoms with Crippen LogP contribution in [0, 0.1) is 13.8 Å². The lowest BCUT2D eigenvalue weighted by molar-refractivity contribution is -0.136. The third-order valence-electron chi connectivity index (χ3n) is 6.82. The van der Waals surface area contributed by atoms with Crippen molar-refractivity contribution >= 4 is 22.8 Å². The Morgan fingerprint density at radius 3 is 2.44 bits per heavy atom. The molecular weight excluding hydrogens is 452 g/mol. The molecule has 7 heteroatoms. The molecule has 0 radical (unpaired) electrons. The van der Waals surface area contributed by atoms with Crippen molar-refractivity contribution in [2.75, 3.05) is 13.2 Å². The highest BCUT2D eigenvalue weighted by atomic mass is 16.5. The topological polar surface area (TPSA) is 76.5 Å². The van der Waals surface area contributed by atoms with Crippen LogP contribution in [0.25, 0.3) is 11.0 Å². The van der Waals surface area contributed by atoms with Crippen LogP contribution in [0.15, 0.2) is 42.5 Å². The summed E-state index contributed by atoms with van der Waals surface area (Å²) in [7, 11) is 0. The third-order valence-corrected chi connectivity index (χ3v) is 6.82. The molecule has 0 bridgehead atoms. The van der Waals surface area contributed by atoms with Gasteiger partial charge >= 0.3 is 0 Å². The monoisotopic (exact) mass is 492 g/mol. The number of carbonyl (C=O) groups is 2. The lowest BCUT2D eigenvalue weighted by Gasteiger charge is -2.34. The molecule has 0 spiro atoms. The van der Waals surface area contributed by atoms with E-state index >= 15 is 0 Å². The van der Waals surface area contributed by atoms with Crippen LogP contribution in [0.3, 0.4) is 0 Å². The first-order chi connectivity index (χ1) is 17.2. The summed E-state index contributed by atoms with van der Waals surface area (Å²) in [5, 5.41) is 2.93. The van der Waals surface area contributed by atoms with Crippen molar-refractivity contribution < 1.29 is 14.3 Å². The quantitative estimate of drug-likeness (QED) is 0.393. The van der Waals surface area contributed by atoms with Gasteiger partial charge in [-0.3, -0.25) is 9.59 Å². The minimum absolute atomic E-state index is 0.0437. The molecule has 2 unspecified atom stereocenters. The zero-order chi connectivity index (χ0) is 26.2. The van der Waals surface area contributed by atoms with Gasteiger partial charge in [0.2, 0.25) is 5.91 Å². The number of nitrogens with zero attached hydrogens (tertiary/aromatic N) is 3. The van der Waals surface area contributed by atoms with Crippen molar-refractivity contribution in [1.29, 1.82) is 0 Å². The summed E-state index contributed by atoms with van der Waals surface area (Å²) < 4.78 is 7.71. The number of amides is 2. The molecule has 0 aliphatic rings. The van der Waals surface area contributed by atoms with Gasteiger partial charge in [-0.2, -0.15) is 0 Å². The Kier molecular flexibility index (Phi) is 9.51. The predicted octanol–water partition coefficient (Wildman–Crippen LogP) is 4.82. The number of benzene rings is 2. The van der Waals surface area contributed by atoms with Crippen LogP contribution in [0.5, 0.6) is 5.75 Å². The molecule has 36 heavy (non-hydrogen) atoms. The number of imidazole rings is 1. The lowest BCUT2D eigenvalue weighted by Crippen LogP contribution is -2.46. The summed E-state index contributed by atoms with van der Waals surface area (Å²) in [6, 6.07) is 14.1. The SMILES string of the molecule is CCC(C)N(C(=O)Cn1c(CCNC(=O)COc2cc(C)ccc2C)nc2ccccc21)C(C)CC. The molecule has 0 aliphatic carbocycles. The van der Waals surface area contributed by atoms with E-state index in [9.17, 15) is 9.59 Å². The maximum absolute atomic E-state index is 13.5. The average Bonchev–Trinajstić information content (AvgIpc) is 3.21. The number of rotatable bonds is 12. The Hall–Kier alpha value is -3.35. The largest absolute Gasteiger partial charge is 0.483 e. The molecule has 0 aliphatic heterocycles. The van der Waals surface area contributed by atoms with Gasteiger partial charge in [-0.15, -0.1) is 0 Å². The highest BCUT2D eigenvalue weighted by molar-refractivity contribution is 5.81. The van der Waals surface area contributed by atoms with Crippen LogP contribution in [-0.2, 0) is 22.6 Å². The zero-order valence-corrected chi connectivity index (χ0v) is 22.5. The molecule has 2 atom stereocenters. The third kappa shape index (κ3) is 6.65. The second kappa shape index (κ2) is 12.6. The van der Waals surface area contributed by atoms with Gasteiger partial charge in [-0.25, -0.2) is 4.98 Å². The van der Waals surface area contributed by atoms with Crippen LogP contribution in [-0.4, -0.2) is 51.5 Å². The van der Waals surface area contributed by atoms with Crippen molar-refractivity contribution in [1.82, 2.24) is 19.8 Å². The number of fused-ring (bicyclic) bond motifs is 1. The van der Waals surface area contributed by atoms with Crippen molar-refractivity contribution in [2.24, 2.45) is 0 Å².